The topological polar surface area (TPSA) is 101 Å². The largest absolute Gasteiger partial charge is 0.482 e. The Balaban J connectivity index is 1.54. The second kappa shape index (κ2) is 10.8. The second-order valence-electron chi connectivity index (χ2n) is 6.31. The Labute approximate surface area is 191 Å². The quantitative estimate of drug-likeness (QED) is 0.229. The minimum atomic E-state index is -0.700. The summed E-state index contributed by atoms with van der Waals surface area (Å²) in [4.78, 5) is 24.0. The van der Waals surface area contributed by atoms with Gasteiger partial charge in [-0.2, -0.15) is 10.4 Å². The van der Waals surface area contributed by atoms with Gasteiger partial charge in [0.15, 0.2) is 6.61 Å². The number of hydrogen-bond donors (Lipinski definition) is 1. The number of nitriles is 1. The number of ether oxygens (including phenoxy) is 2. The summed E-state index contributed by atoms with van der Waals surface area (Å²) in [6, 6.07) is 18.4. The van der Waals surface area contributed by atoms with E-state index in [0.29, 0.717) is 11.1 Å². The third-order valence-electron chi connectivity index (χ3n) is 3.95. The molecule has 0 aliphatic heterocycles. The zero-order valence-electron chi connectivity index (χ0n) is 16.4. The number of hydrogen-bond acceptors (Lipinski definition) is 6. The van der Waals surface area contributed by atoms with Crippen molar-refractivity contribution in [2.45, 2.75) is 0 Å². The van der Waals surface area contributed by atoms with E-state index in [4.69, 9.17) is 14.7 Å². The van der Waals surface area contributed by atoms with E-state index in [9.17, 15) is 14.0 Å². The van der Waals surface area contributed by atoms with Gasteiger partial charge in [-0.1, -0.05) is 34.1 Å². The molecule has 0 saturated carbocycles. The van der Waals surface area contributed by atoms with Gasteiger partial charge in [0, 0.05) is 4.47 Å². The highest BCUT2D eigenvalue weighted by atomic mass is 79.9. The van der Waals surface area contributed by atoms with Gasteiger partial charge in [0.2, 0.25) is 0 Å². The summed E-state index contributed by atoms with van der Waals surface area (Å²) in [5.74, 6) is -1.25. The van der Waals surface area contributed by atoms with Crippen LogP contribution in [0.3, 0.4) is 0 Å². The van der Waals surface area contributed by atoms with Crippen molar-refractivity contribution in [1.82, 2.24) is 5.43 Å². The van der Waals surface area contributed by atoms with E-state index >= 15 is 0 Å². The summed E-state index contributed by atoms with van der Waals surface area (Å²) in [6.45, 7) is -0.334. The Hall–Kier alpha value is -4.03. The average molecular weight is 496 g/mol. The molecule has 0 aliphatic rings. The fourth-order valence-electron chi connectivity index (χ4n) is 2.51. The van der Waals surface area contributed by atoms with E-state index in [1.54, 1.807) is 36.4 Å². The molecule has 3 rings (SSSR count). The summed E-state index contributed by atoms with van der Waals surface area (Å²) in [6.07, 6.45) is 1.36. The van der Waals surface area contributed by atoms with Crippen LogP contribution >= 0.6 is 15.9 Å². The first-order chi connectivity index (χ1) is 15.4. The lowest BCUT2D eigenvalue weighted by Crippen LogP contribution is -2.24. The predicted molar refractivity (Wildman–Crippen MR) is 118 cm³/mol. The Kier molecular flexibility index (Phi) is 7.67. The van der Waals surface area contributed by atoms with E-state index in [1.165, 1.54) is 30.5 Å². The number of halogens is 2. The smallest absolute Gasteiger partial charge is 0.343 e. The first kappa shape index (κ1) is 22.7. The summed E-state index contributed by atoms with van der Waals surface area (Å²) in [5, 5.41) is 12.9. The van der Waals surface area contributed by atoms with Crippen LogP contribution in [-0.2, 0) is 4.79 Å². The first-order valence-corrected chi connectivity index (χ1v) is 9.96. The number of carbonyl (C=O) groups excluding carboxylic acids is 2. The van der Waals surface area contributed by atoms with Crippen LogP contribution in [0.2, 0.25) is 0 Å². The Bertz CT molecular complexity index is 1220. The molecule has 9 heteroatoms. The van der Waals surface area contributed by atoms with Crippen LogP contribution in [0, 0.1) is 17.1 Å². The normalized spacial score (nSPS) is 10.4. The van der Waals surface area contributed by atoms with Crippen molar-refractivity contribution >= 4 is 34.0 Å². The monoisotopic (exact) mass is 495 g/mol. The van der Waals surface area contributed by atoms with Gasteiger partial charge in [-0.15, -0.1) is 0 Å². The summed E-state index contributed by atoms with van der Waals surface area (Å²) >= 11 is 3.26. The molecule has 0 saturated heterocycles. The molecule has 160 valence electrons. The van der Waals surface area contributed by atoms with Crippen LogP contribution in [0.1, 0.15) is 21.5 Å². The molecule has 0 fully saturated rings. The van der Waals surface area contributed by atoms with Gasteiger partial charge in [0.25, 0.3) is 5.91 Å². The molecule has 0 aliphatic carbocycles. The number of esters is 1. The van der Waals surface area contributed by atoms with Crippen LogP contribution in [-0.4, -0.2) is 24.7 Å². The highest BCUT2D eigenvalue weighted by molar-refractivity contribution is 9.10. The van der Waals surface area contributed by atoms with Crippen molar-refractivity contribution in [3.63, 3.8) is 0 Å². The Morgan fingerprint density at radius 2 is 1.94 bits per heavy atom. The van der Waals surface area contributed by atoms with E-state index in [2.05, 4.69) is 26.5 Å². The predicted octanol–water partition coefficient (Wildman–Crippen LogP) is 4.21. The first-order valence-electron chi connectivity index (χ1n) is 9.17. The van der Waals surface area contributed by atoms with Crippen molar-refractivity contribution in [1.29, 1.82) is 5.26 Å². The minimum Gasteiger partial charge on any atom is -0.482 e. The van der Waals surface area contributed by atoms with E-state index < -0.39 is 17.7 Å². The second-order valence-corrected chi connectivity index (χ2v) is 7.22. The molecular formula is C23H15BrFN3O4. The molecule has 7 nitrogen and oxygen atoms in total. The van der Waals surface area contributed by atoms with Gasteiger partial charge < -0.3 is 9.47 Å². The van der Waals surface area contributed by atoms with Crippen LogP contribution < -0.4 is 14.9 Å². The van der Waals surface area contributed by atoms with Crippen molar-refractivity contribution < 1.29 is 23.5 Å². The van der Waals surface area contributed by atoms with Crippen LogP contribution in [0.25, 0.3) is 0 Å². The number of nitrogens with zero attached hydrogens (tertiary/aromatic N) is 2. The Morgan fingerprint density at radius 3 is 2.72 bits per heavy atom. The maximum atomic E-state index is 13.3. The molecule has 0 aromatic heterocycles. The van der Waals surface area contributed by atoms with Gasteiger partial charge in [0.1, 0.15) is 23.4 Å². The molecule has 0 bridgehead atoms. The standard InChI is InChI=1S/C23H15BrFN3O4/c24-18-7-8-21(17(10-18)12-26)31-14-22(29)28-27-13-15-3-1-6-20(9-15)32-23(30)16-4-2-5-19(25)11-16/h1-11,13H,14H2,(H,28,29). The molecule has 0 unspecified atom stereocenters. The van der Waals surface area contributed by atoms with Gasteiger partial charge in [0.05, 0.1) is 17.3 Å². The molecule has 0 spiro atoms. The number of benzene rings is 3. The van der Waals surface area contributed by atoms with Gasteiger partial charge >= 0.3 is 5.97 Å². The molecule has 3 aromatic rings. The number of carbonyl (C=O) groups is 2. The molecule has 1 amide bonds. The third-order valence-corrected chi connectivity index (χ3v) is 4.45. The summed E-state index contributed by atoms with van der Waals surface area (Å²) in [7, 11) is 0. The molecular weight excluding hydrogens is 481 g/mol. The van der Waals surface area contributed by atoms with E-state index in [0.717, 1.165) is 10.5 Å². The molecule has 0 atom stereocenters. The fraction of sp³-hybridized carbons (Fsp3) is 0.0435. The number of amides is 1. The lowest BCUT2D eigenvalue weighted by atomic mass is 10.2. The van der Waals surface area contributed by atoms with Crippen LogP contribution in [0.5, 0.6) is 11.5 Å². The summed E-state index contributed by atoms with van der Waals surface area (Å²) in [5.41, 5.74) is 3.23. The van der Waals surface area contributed by atoms with Gasteiger partial charge in [-0.05, 0) is 54.1 Å². The van der Waals surface area contributed by atoms with Crippen molar-refractivity contribution in [2.75, 3.05) is 6.61 Å². The lowest BCUT2D eigenvalue weighted by Gasteiger charge is -2.07. The maximum absolute atomic E-state index is 13.3. The highest BCUT2D eigenvalue weighted by Crippen LogP contribution is 2.22. The fourth-order valence-corrected chi connectivity index (χ4v) is 2.87. The van der Waals surface area contributed by atoms with Crippen molar-refractivity contribution in [3.8, 4) is 17.6 Å². The minimum absolute atomic E-state index is 0.0849. The number of rotatable bonds is 7. The molecule has 3 aromatic carbocycles. The number of nitrogens with one attached hydrogen (secondary N) is 1. The SMILES string of the molecule is N#Cc1cc(Br)ccc1OCC(=O)NN=Cc1cccc(OC(=O)c2cccc(F)c2)c1. The summed E-state index contributed by atoms with van der Waals surface area (Å²) < 4.78 is 24.6. The van der Waals surface area contributed by atoms with E-state index in [-0.39, 0.29) is 23.7 Å². The average Bonchev–Trinajstić information content (AvgIpc) is 2.78. The van der Waals surface area contributed by atoms with Gasteiger partial charge in [-0.25, -0.2) is 14.6 Å². The number of hydrazone groups is 1. The zero-order chi connectivity index (χ0) is 22.9. The van der Waals surface area contributed by atoms with Crippen molar-refractivity contribution in [3.05, 3.63) is 93.7 Å². The Morgan fingerprint density at radius 1 is 1.12 bits per heavy atom. The highest BCUT2D eigenvalue weighted by Gasteiger charge is 2.10. The molecule has 0 radical (unpaired) electrons. The van der Waals surface area contributed by atoms with E-state index in [1.807, 2.05) is 6.07 Å². The van der Waals surface area contributed by atoms with Crippen LogP contribution in [0.15, 0.2) is 76.3 Å². The molecule has 0 heterocycles. The van der Waals surface area contributed by atoms with Crippen molar-refractivity contribution in [2.24, 2.45) is 5.10 Å². The third kappa shape index (κ3) is 6.48. The lowest BCUT2D eigenvalue weighted by molar-refractivity contribution is -0.123. The van der Waals surface area contributed by atoms with Crippen LogP contribution in [0.4, 0.5) is 4.39 Å². The molecule has 1 N–H and O–H groups in total. The maximum Gasteiger partial charge on any atom is 0.343 e. The zero-order valence-corrected chi connectivity index (χ0v) is 18.0. The van der Waals surface area contributed by atoms with Gasteiger partial charge in [-0.3, -0.25) is 4.79 Å². The molecule has 32 heavy (non-hydrogen) atoms.